The van der Waals surface area contributed by atoms with Crippen LogP contribution in [-0.4, -0.2) is 27.4 Å². The molecule has 1 fully saturated rings. The van der Waals surface area contributed by atoms with Crippen LogP contribution >= 0.6 is 15.9 Å². The van der Waals surface area contributed by atoms with E-state index in [1.54, 1.807) is 0 Å². The van der Waals surface area contributed by atoms with E-state index in [0.717, 1.165) is 48.2 Å². The fourth-order valence-electron chi connectivity index (χ4n) is 4.69. The van der Waals surface area contributed by atoms with Crippen molar-refractivity contribution in [3.05, 3.63) is 64.4 Å². The molecule has 170 valence electrons. The summed E-state index contributed by atoms with van der Waals surface area (Å²) in [5.74, 6) is 1.75. The third kappa shape index (κ3) is 5.50. The zero-order valence-corrected chi connectivity index (χ0v) is 20.0. The Morgan fingerprint density at radius 3 is 2.79 bits per heavy atom. The monoisotopic (exact) mass is 506 g/mol. The van der Waals surface area contributed by atoms with Gasteiger partial charge in [0.1, 0.15) is 6.33 Å². The summed E-state index contributed by atoms with van der Waals surface area (Å²) in [6.45, 7) is 1.63. The molecule has 8 heteroatoms. The Morgan fingerprint density at radius 1 is 1.06 bits per heavy atom. The Kier molecular flexibility index (Phi) is 6.53. The lowest BCUT2D eigenvalue weighted by atomic mass is 10.0. The molecule has 2 aliphatic rings. The van der Waals surface area contributed by atoms with Gasteiger partial charge in [-0.1, -0.05) is 40.9 Å². The second kappa shape index (κ2) is 9.87. The van der Waals surface area contributed by atoms with Crippen LogP contribution in [0.4, 0.5) is 23.3 Å². The highest BCUT2D eigenvalue weighted by atomic mass is 79.9. The van der Waals surface area contributed by atoms with Crippen LogP contribution in [0.15, 0.2) is 53.3 Å². The predicted molar refractivity (Wildman–Crippen MR) is 134 cm³/mol. The molecule has 3 aromatic rings. The first-order chi connectivity index (χ1) is 16.1. The number of amides is 1. The summed E-state index contributed by atoms with van der Waals surface area (Å²) in [6.07, 6.45) is 7.90. The maximum Gasteiger partial charge on any atom is 0.232 e. The average molecular weight is 507 g/mol. The average Bonchev–Trinajstić information content (AvgIpc) is 3.32. The SMILES string of the molecule is O=C(CC1CCCC1)Nc1cccc(Nc2ncnc(N3CCc4cc(Br)ccc4C3)n2)c1. The lowest BCUT2D eigenvalue weighted by Crippen LogP contribution is -2.32. The number of nitrogens with zero attached hydrogens (tertiary/aromatic N) is 4. The zero-order valence-electron chi connectivity index (χ0n) is 18.4. The minimum absolute atomic E-state index is 0.0823. The number of rotatable bonds is 6. The molecule has 1 saturated carbocycles. The number of carbonyl (C=O) groups excluding carboxylic acids is 1. The Bertz CT molecular complexity index is 1150. The van der Waals surface area contributed by atoms with Crippen LogP contribution in [0, 0.1) is 5.92 Å². The molecule has 0 saturated heterocycles. The molecule has 2 aromatic carbocycles. The van der Waals surface area contributed by atoms with Crippen LogP contribution in [0.2, 0.25) is 0 Å². The summed E-state index contributed by atoms with van der Waals surface area (Å²) >= 11 is 3.55. The molecule has 0 bridgehead atoms. The van der Waals surface area contributed by atoms with Crippen molar-refractivity contribution in [3.63, 3.8) is 0 Å². The number of carbonyl (C=O) groups is 1. The van der Waals surface area contributed by atoms with Gasteiger partial charge in [0, 0.05) is 35.4 Å². The van der Waals surface area contributed by atoms with Crippen LogP contribution in [0.1, 0.15) is 43.2 Å². The van der Waals surface area contributed by atoms with Gasteiger partial charge in [-0.15, -0.1) is 0 Å². The van der Waals surface area contributed by atoms with E-state index in [2.05, 4.69) is 64.6 Å². The fraction of sp³-hybridized carbons (Fsp3) is 0.360. The third-order valence-electron chi connectivity index (χ3n) is 6.37. The van der Waals surface area contributed by atoms with E-state index in [9.17, 15) is 4.79 Å². The summed E-state index contributed by atoms with van der Waals surface area (Å²) < 4.78 is 1.11. The number of hydrogen-bond acceptors (Lipinski definition) is 6. The highest BCUT2D eigenvalue weighted by Crippen LogP contribution is 2.28. The maximum atomic E-state index is 12.4. The van der Waals surface area contributed by atoms with Crippen molar-refractivity contribution >= 4 is 45.1 Å². The van der Waals surface area contributed by atoms with E-state index in [4.69, 9.17) is 0 Å². The number of nitrogens with one attached hydrogen (secondary N) is 2. The lowest BCUT2D eigenvalue weighted by molar-refractivity contribution is -0.117. The van der Waals surface area contributed by atoms with E-state index >= 15 is 0 Å². The van der Waals surface area contributed by atoms with Gasteiger partial charge in [-0.2, -0.15) is 4.98 Å². The molecule has 33 heavy (non-hydrogen) atoms. The summed E-state index contributed by atoms with van der Waals surface area (Å²) in [5, 5.41) is 6.28. The predicted octanol–water partition coefficient (Wildman–Crippen LogP) is 5.46. The molecule has 1 aromatic heterocycles. The van der Waals surface area contributed by atoms with E-state index in [-0.39, 0.29) is 5.91 Å². The van der Waals surface area contributed by atoms with Crippen LogP contribution in [0.3, 0.4) is 0 Å². The van der Waals surface area contributed by atoms with Gasteiger partial charge in [-0.3, -0.25) is 4.79 Å². The molecular formula is C25H27BrN6O. The van der Waals surface area contributed by atoms with Crippen molar-refractivity contribution in [2.75, 3.05) is 22.1 Å². The highest BCUT2D eigenvalue weighted by molar-refractivity contribution is 9.10. The van der Waals surface area contributed by atoms with Crippen molar-refractivity contribution in [2.24, 2.45) is 5.92 Å². The van der Waals surface area contributed by atoms with Crippen molar-refractivity contribution in [1.82, 2.24) is 15.0 Å². The van der Waals surface area contributed by atoms with Gasteiger partial charge >= 0.3 is 0 Å². The lowest BCUT2D eigenvalue weighted by Gasteiger charge is -2.29. The topological polar surface area (TPSA) is 83.0 Å². The minimum Gasteiger partial charge on any atom is -0.336 e. The highest BCUT2D eigenvalue weighted by Gasteiger charge is 2.20. The van der Waals surface area contributed by atoms with Crippen molar-refractivity contribution in [3.8, 4) is 0 Å². The van der Waals surface area contributed by atoms with E-state index in [0.29, 0.717) is 24.2 Å². The number of anilines is 4. The van der Waals surface area contributed by atoms with Crippen molar-refractivity contribution in [1.29, 1.82) is 0 Å². The Balaban J connectivity index is 1.24. The van der Waals surface area contributed by atoms with Crippen LogP contribution < -0.4 is 15.5 Å². The van der Waals surface area contributed by atoms with Gasteiger partial charge in [0.25, 0.3) is 0 Å². The van der Waals surface area contributed by atoms with Gasteiger partial charge < -0.3 is 15.5 Å². The quantitative estimate of drug-likeness (QED) is 0.461. The molecule has 1 amide bonds. The molecule has 5 rings (SSSR count). The first kappa shape index (κ1) is 21.8. The largest absolute Gasteiger partial charge is 0.336 e. The Morgan fingerprint density at radius 2 is 1.91 bits per heavy atom. The smallest absolute Gasteiger partial charge is 0.232 e. The van der Waals surface area contributed by atoms with Crippen LogP contribution in [0.5, 0.6) is 0 Å². The van der Waals surface area contributed by atoms with Gasteiger partial charge in [-0.25, -0.2) is 9.97 Å². The molecule has 1 aliphatic heterocycles. The van der Waals surface area contributed by atoms with Crippen LogP contribution in [0.25, 0.3) is 0 Å². The van der Waals surface area contributed by atoms with E-state index in [1.807, 2.05) is 24.3 Å². The van der Waals surface area contributed by atoms with Crippen molar-refractivity contribution < 1.29 is 4.79 Å². The normalized spacial score (nSPS) is 15.8. The van der Waals surface area contributed by atoms with Crippen molar-refractivity contribution in [2.45, 2.75) is 45.1 Å². The summed E-state index contributed by atoms with van der Waals surface area (Å²) in [5.41, 5.74) is 4.25. The molecular weight excluding hydrogens is 480 g/mol. The van der Waals surface area contributed by atoms with Gasteiger partial charge in [-0.05, 0) is 66.6 Å². The fourth-order valence-corrected chi connectivity index (χ4v) is 5.09. The number of hydrogen-bond donors (Lipinski definition) is 2. The second-order valence-corrected chi connectivity index (χ2v) is 9.72. The molecule has 0 unspecified atom stereocenters. The summed E-state index contributed by atoms with van der Waals surface area (Å²) in [7, 11) is 0. The van der Waals surface area contributed by atoms with Crippen LogP contribution in [-0.2, 0) is 17.8 Å². The van der Waals surface area contributed by atoms with Gasteiger partial charge in [0.15, 0.2) is 0 Å². The molecule has 1 aliphatic carbocycles. The number of halogens is 1. The first-order valence-electron chi connectivity index (χ1n) is 11.5. The number of benzene rings is 2. The third-order valence-corrected chi connectivity index (χ3v) is 6.87. The number of fused-ring (bicyclic) bond motifs is 1. The molecule has 0 radical (unpaired) electrons. The summed E-state index contributed by atoms with van der Waals surface area (Å²) in [6, 6.07) is 14.1. The minimum atomic E-state index is 0.0823. The van der Waals surface area contributed by atoms with Gasteiger partial charge in [0.05, 0.1) is 0 Å². The standard InChI is InChI=1S/C25H27BrN6O/c26-20-9-8-19-15-32(11-10-18(19)13-20)25-28-16-27-24(31-25)30-22-7-3-6-21(14-22)29-23(33)12-17-4-1-2-5-17/h3,6-9,13-14,16-17H,1-2,4-5,10-12,15H2,(H,29,33)(H,27,28,30,31). The van der Waals surface area contributed by atoms with Gasteiger partial charge in [0.2, 0.25) is 17.8 Å². The second-order valence-electron chi connectivity index (χ2n) is 8.80. The maximum absolute atomic E-state index is 12.4. The Labute approximate surface area is 202 Å². The summed E-state index contributed by atoms with van der Waals surface area (Å²) in [4.78, 5) is 27.9. The Hall–Kier alpha value is -3.00. The molecule has 0 atom stereocenters. The first-order valence-corrected chi connectivity index (χ1v) is 12.3. The number of aromatic nitrogens is 3. The van der Waals surface area contributed by atoms with E-state index in [1.165, 1.54) is 30.3 Å². The van der Waals surface area contributed by atoms with E-state index < -0.39 is 0 Å². The molecule has 7 nitrogen and oxygen atoms in total. The zero-order chi connectivity index (χ0) is 22.6. The molecule has 2 N–H and O–H groups in total. The molecule has 2 heterocycles. The molecule has 0 spiro atoms.